The number of nitrogens with zero attached hydrogens (tertiary/aromatic N) is 2. The summed E-state index contributed by atoms with van der Waals surface area (Å²) in [6.45, 7) is 6.19. The van der Waals surface area contributed by atoms with Gasteiger partial charge in [0, 0.05) is 25.7 Å². The zero-order chi connectivity index (χ0) is 23.9. The van der Waals surface area contributed by atoms with Gasteiger partial charge in [-0.3, -0.25) is 9.21 Å². The molecule has 0 radical (unpaired) electrons. The summed E-state index contributed by atoms with van der Waals surface area (Å²) in [4.78, 5) is 2.41. The van der Waals surface area contributed by atoms with Crippen LogP contribution in [0.1, 0.15) is 30.9 Å². The van der Waals surface area contributed by atoms with E-state index in [1.54, 1.807) is 12.1 Å². The van der Waals surface area contributed by atoms with Crippen LogP contribution in [0, 0.1) is 12.7 Å². The molecule has 178 valence electrons. The Morgan fingerprint density at radius 1 is 1.06 bits per heavy atom. The molecule has 2 saturated heterocycles. The van der Waals surface area contributed by atoms with Crippen molar-refractivity contribution in [3.05, 3.63) is 89.7 Å². The number of benzene rings is 3. The molecule has 0 bridgehead atoms. The van der Waals surface area contributed by atoms with E-state index in [0.29, 0.717) is 25.1 Å². The van der Waals surface area contributed by atoms with Crippen LogP contribution in [0.5, 0.6) is 0 Å². The summed E-state index contributed by atoms with van der Waals surface area (Å²) in [6.07, 6.45) is 1.35. The van der Waals surface area contributed by atoms with Gasteiger partial charge in [0.05, 0.1) is 11.2 Å². The zero-order valence-corrected chi connectivity index (χ0v) is 20.4. The monoisotopic (exact) mass is 479 g/mol. The minimum absolute atomic E-state index is 0.169. The number of likely N-dealkylation sites (tertiary alicyclic amines) is 1. The Hall–Kier alpha value is -2.74. The van der Waals surface area contributed by atoms with Gasteiger partial charge in [-0.05, 0) is 73.2 Å². The molecule has 0 amide bonds. The Balaban J connectivity index is 1.36. The highest BCUT2D eigenvalue weighted by Crippen LogP contribution is 2.41. The van der Waals surface area contributed by atoms with E-state index in [0.717, 1.165) is 13.1 Å². The molecule has 34 heavy (non-hydrogen) atoms. The molecule has 1 N–H and O–H groups in total. The van der Waals surface area contributed by atoms with Crippen LogP contribution in [0.4, 0.5) is 10.1 Å². The third-order valence-electron chi connectivity index (χ3n) is 7.23. The molecule has 2 aliphatic rings. The van der Waals surface area contributed by atoms with E-state index in [1.807, 2.05) is 0 Å². The maximum absolute atomic E-state index is 13.9. The van der Waals surface area contributed by atoms with Crippen LogP contribution in [-0.4, -0.2) is 38.0 Å². The lowest BCUT2D eigenvalue weighted by Gasteiger charge is -2.47. The number of piperidine rings is 1. The molecule has 5 rings (SSSR count). The topological polar surface area (TPSA) is 52.7 Å². The third-order valence-corrected chi connectivity index (χ3v) is 8.82. The molecule has 1 spiro atoms. The highest BCUT2D eigenvalue weighted by atomic mass is 32.2. The number of hydrogen-bond donors (Lipinski definition) is 1. The van der Waals surface area contributed by atoms with Gasteiger partial charge in [0.25, 0.3) is 0 Å². The number of anilines is 1. The Morgan fingerprint density at radius 2 is 1.85 bits per heavy atom. The Morgan fingerprint density at radius 3 is 2.62 bits per heavy atom. The van der Waals surface area contributed by atoms with E-state index in [-0.39, 0.29) is 6.04 Å². The molecule has 0 saturated carbocycles. The predicted molar refractivity (Wildman–Crippen MR) is 134 cm³/mol. The molecule has 5 nitrogen and oxygen atoms in total. The van der Waals surface area contributed by atoms with Crippen molar-refractivity contribution in [2.24, 2.45) is 0 Å². The average molecular weight is 480 g/mol. The third kappa shape index (κ3) is 4.24. The smallest absolute Gasteiger partial charge is 0.296 e. The summed E-state index contributed by atoms with van der Waals surface area (Å²) in [5.41, 5.74) is 4.73. The van der Waals surface area contributed by atoms with Crippen LogP contribution in [0.2, 0.25) is 0 Å². The molecular formula is C27H30FN3O2S. The van der Waals surface area contributed by atoms with Crippen molar-refractivity contribution in [3.63, 3.8) is 0 Å². The summed E-state index contributed by atoms with van der Waals surface area (Å²) in [5.74, 6) is -0.436. The average Bonchev–Trinajstić information content (AvgIpc) is 3.06. The number of aryl methyl sites for hydroxylation is 1. The first kappa shape index (κ1) is 23.0. The lowest BCUT2D eigenvalue weighted by molar-refractivity contribution is 0.106. The number of nitrogens with one attached hydrogen (secondary N) is 1. The maximum atomic E-state index is 13.9. The van der Waals surface area contributed by atoms with Gasteiger partial charge in [0.1, 0.15) is 5.82 Å². The van der Waals surface area contributed by atoms with Gasteiger partial charge in [-0.25, -0.2) is 4.39 Å². The summed E-state index contributed by atoms with van der Waals surface area (Å²) in [6, 6.07) is 23.1. The maximum Gasteiger partial charge on any atom is 0.302 e. The van der Waals surface area contributed by atoms with E-state index in [9.17, 15) is 12.8 Å². The first-order chi connectivity index (χ1) is 16.3. The minimum atomic E-state index is -3.71. The van der Waals surface area contributed by atoms with E-state index in [2.05, 4.69) is 72.0 Å². The molecule has 2 aliphatic heterocycles. The lowest BCUT2D eigenvalue weighted by Crippen LogP contribution is -2.57. The van der Waals surface area contributed by atoms with Crippen LogP contribution in [0.25, 0.3) is 11.1 Å². The molecule has 0 unspecified atom stereocenters. The van der Waals surface area contributed by atoms with Crippen molar-refractivity contribution in [2.75, 3.05) is 17.4 Å². The van der Waals surface area contributed by atoms with E-state index in [1.165, 1.54) is 38.7 Å². The molecular weight excluding hydrogens is 449 g/mol. The van der Waals surface area contributed by atoms with Gasteiger partial charge in [0.2, 0.25) is 0 Å². The number of halogens is 1. The molecule has 0 aliphatic carbocycles. The lowest BCUT2D eigenvalue weighted by atomic mass is 9.83. The predicted octanol–water partition coefficient (Wildman–Crippen LogP) is 4.88. The SMILES string of the molecule is Cc1ccccc1-c1cccc(CN2CC[C@]3(CNS(=O)(=O)N3c3cccc(F)c3)C[C@@H]2C)c1. The minimum Gasteiger partial charge on any atom is -0.296 e. The number of rotatable bonds is 4. The zero-order valence-electron chi connectivity index (χ0n) is 19.5. The van der Waals surface area contributed by atoms with Gasteiger partial charge in [-0.2, -0.15) is 13.1 Å². The highest BCUT2D eigenvalue weighted by Gasteiger charge is 2.52. The molecule has 2 fully saturated rings. The fraction of sp³-hybridized carbons (Fsp3) is 0.333. The summed E-state index contributed by atoms with van der Waals surface area (Å²) < 4.78 is 43.9. The molecule has 3 aromatic rings. The molecule has 0 aromatic heterocycles. The van der Waals surface area contributed by atoms with Gasteiger partial charge in [-0.15, -0.1) is 0 Å². The van der Waals surface area contributed by atoms with Crippen LogP contribution in [0.3, 0.4) is 0 Å². The van der Waals surface area contributed by atoms with Crippen LogP contribution >= 0.6 is 0 Å². The second-order valence-corrected chi connectivity index (χ2v) is 11.2. The van der Waals surface area contributed by atoms with Gasteiger partial charge in [0.15, 0.2) is 0 Å². The molecule has 2 heterocycles. The molecule has 2 atom stereocenters. The standard InChI is InChI=1S/C27H30FN3O2S/c1-20-7-3-4-12-26(20)23-9-5-8-22(15-23)18-30-14-13-27(17-21(30)2)19-29-34(32,33)31(27)25-11-6-10-24(28)16-25/h3-12,15-16,21,29H,13-14,17-19H2,1-2H3/t21-,27+/m0/s1. The quantitative estimate of drug-likeness (QED) is 0.580. The molecule has 7 heteroatoms. The first-order valence-corrected chi connectivity index (χ1v) is 13.2. The Labute approximate surface area is 201 Å². The second-order valence-electron chi connectivity index (χ2n) is 9.58. The fourth-order valence-corrected chi connectivity index (χ4v) is 7.25. The van der Waals surface area contributed by atoms with Crippen molar-refractivity contribution < 1.29 is 12.8 Å². The normalized spacial score (nSPS) is 24.6. The van der Waals surface area contributed by atoms with Crippen molar-refractivity contribution in [3.8, 4) is 11.1 Å². The summed E-state index contributed by atoms with van der Waals surface area (Å²) >= 11 is 0. The van der Waals surface area contributed by atoms with Crippen molar-refractivity contribution in [1.82, 2.24) is 9.62 Å². The Kier molecular flexibility index (Phi) is 5.96. The first-order valence-electron chi connectivity index (χ1n) is 11.7. The highest BCUT2D eigenvalue weighted by molar-refractivity contribution is 7.91. The largest absolute Gasteiger partial charge is 0.302 e. The summed E-state index contributed by atoms with van der Waals surface area (Å²) in [7, 11) is -3.71. The van der Waals surface area contributed by atoms with Crippen molar-refractivity contribution in [2.45, 2.75) is 44.8 Å². The fourth-order valence-electron chi connectivity index (χ4n) is 5.53. The van der Waals surface area contributed by atoms with Crippen LogP contribution in [-0.2, 0) is 16.8 Å². The van der Waals surface area contributed by atoms with Gasteiger partial charge >= 0.3 is 10.2 Å². The van der Waals surface area contributed by atoms with Gasteiger partial charge in [-0.1, -0.05) is 48.5 Å². The second kappa shape index (κ2) is 8.80. The van der Waals surface area contributed by atoms with E-state index in [4.69, 9.17) is 0 Å². The van der Waals surface area contributed by atoms with E-state index < -0.39 is 21.6 Å². The van der Waals surface area contributed by atoms with Crippen molar-refractivity contribution >= 4 is 15.9 Å². The van der Waals surface area contributed by atoms with Crippen LogP contribution in [0.15, 0.2) is 72.8 Å². The van der Waals surface area contributed by atoms with Crippen LogP contribution < -0.4 is 9.03 Å². The van der Waals surface area contributed by atoms with E-state index >= 15 is 0 Å². The molecule has 3 aromatic carbocycles. The Bertz CT molecular complexity index is 1310. The summed E-state index contributed by atoms with van der Waals surface area (Å²) in [5, 5.41) is 0. The van der Waals surface area contributed by atoms with Gasteiger partial charge < -0.3 is 0 Å². The number of hydrogen-bond acceptors (Lipinski definition) is 3. The van der Waals surface area contributed by atoms with Crippen molar-refractivity contribution in [1.29, 1.82) is 0 Å².